The molecule has 0 aromatic rings. The molecule has 1 aliphatic rings. The first-order valence-corrected chi connectivity index (χ1v) is 6.15. The summed E-state index contributed by atoms with van der Waals surface area (Å²) in [6, 6.07) is -1.41. The van der Waals surface area contributed by atoms with Gasteiger partial charge in [-0.15, -0.1) is 0 Å². The lowest BCUT2D eigenvalue weighted by molar-refractivity contribution is -0.149. The van der Waals surface area contributed by atoms with Gasteiger partial charge in [0.05, 0.1) is 0 Å². The van der Waals surface area contributed by atoms with Gasteiger partial charge in [0.25, 0.3) is 0 Å². The summed E-state index contributed by atoms with van der Waals surface area (Å²) in [5, 5.41) is 11.6. The van der Waals surface area contributed by atoms with Crippen molar-refractivity contribution in [3.05, 3.63) is 0 Å². The summed E-state index contributed by atoms with van der Waals surface area (Å²) in [4.78, 5) is 35.8. The highest BCUT2D eigenvalue weighted by Gasteiger charge is 2.38. The Morgan fingerprint density at radius 3 is 2.39 bits per heavy atom. The van der Waals surface area contributed by atoms with E-state index in [0.717, 1.165) is 0 Å². The second kappa shape index (κ2) is 5.84. The summed E-state index contributed by atoms with van der Waals surface area (Å²) in [5.41, 5.74) is 0. The van der Waals surface area contributed by atoms with Crippen LogP contribution in [0.1, 0.15) is 33.6 Å². The van der Waals surface area contributed by atoms with E-state index in [-0.39, 0.29) is 17.7 Å². The third-order valence-electron chi connectivity index (χ3n) is 3.11. The number of carboxylic acids is 1. The van der Waals surface area contributed by atoms with Gasteiger partial charge in [-0.1, -0.05) is 13.8 Å². The van der Waals surface area contributed by atoms with E-state index in [1.807, 2.05) is 13.8 Å². The molecule has 0 aromatic carbocycles. The number of rotatable bonds is 4. The van der Waals surface area contributed by atoms with Crippen LogP contribution in [0, 0.1) is 5.92 Å². The zero-order valence-corrected chi connectivity index (χ0v) is 11.0. The van der Waals surface area contributed by atoms with Crippen LogP contribution in [-0.2, 0) is 14.4 Å². The molecule has 1 aliphatic heterocycles. The number of nitrogens with one attached hydrogen (secondary N) is 1. The van der Waals surface area contributed by atoms with Gasteiger partial charge in [-0.2, -0.15) is 0 Å². The molecule has 2 N–H and O–H groups in total. The van der Waals surface area contributed by atoms with Crippen LogP contribution in [0.2, 0.25) is 0 Å². The number of aliphatic carboxylic acids is 1. The number of nitrogens with zero attached hydrogens (tertiary/aromatic N) is 1. The average Bonchev–Trinajstić information content (AvgIpc) is 2.73. The lowest BCUT2D eigenvalue weighted by Gasteiger charge is -2.29. The Bertz CT molecular complexity index is 350. The largest absolute Gasteiger partial charge is 0.480 e. The van der Waals surface area contributed by atoms with Crippen molar-refractivity contribution in [1.82, 2.24) is 10.2 Å². The monoisotopic (exact) mass is 256 g/mol. The topological polar surface area (TPSA) is 86.7 Å². The van der Waals surface area contributed by atoms with Gasteiger partial charge in [-0.3, -0.25) is 9.59 Å². The van der Waals surface area contributed by atoms with E-state index in [1.165, 1.54) is 11.8 Å². The van der Waals surface area contributed by atoms with Gasteiger partial charge < -0.3 is 15.3 Å². The maximum absolute atomic E-state index is 12.3. The van der Waals surface area contributed by atoms with Crippen LogP contribution in [0.15, 0.2) is 0 Å². The lowest BCUT2D eigenvalue weighted by atomic mass is 10.0. The Balaban J connectivity index is 2.82. The van der Waals surface area contributed by atoms with Crippen LogP contribution in [0.25, 0.3) is 0 Å². The number of amides is 2. The van der Waals surface area contributed by atoms with Crippen molar-refractivity contribution in [3.8, 4) is 0 Å². The normalized spacial score (nSPS) is 20.9. The van der Waals surface area contributed by atoms with E-state index in [0.29, 0.717) is 19.4 Å². The fourth-order valence-corrected chi connectivity index (χ4v) is 2.20. The van der Waals surface area contributed by atoms with Crippen molar-refractivity contribution in [2.45, 2.75) is 45.7 Å². The molecule has 0 radical (unpaired) electrons. The summed E-state index contributed by atoms with van der Waals surface area (Å²) >= 11 is 0. The number of carbonyl (C=O) groups is 3. The molecular weight excluding hydrogens is 236 g/mol. The van der Waals surface area contributed by atoms with Crippen molar-refractivity contribution in [2.24, 2.45) is 5.92 Å². The quantitative estimate of drug-likeness (QED) is 0.753. The maximum Gasteiger partial charge on any atom is 0.326 e. The Labute approximate surface area is 106 Å². The molecule has 0 saturated carbocycles. The molecule has 102 valence electrons. The molecule has 0 aromatic heterocycles. The highest BCUT2D eigenvalue weighted by Crippen LogP contribution is 2.20. The molecule has 0 aliphatic carbocycles. The van der Waals surface area contributed by atoms with Crippen LogP contribution in [0.4, 0.5) is 0 Å². The van der Waals surface area contributed by atoms with E-state index in [9.17, 15) is 14.4 Å². The van der Waals surface area contributed by atoms with Crippen molar-refractivity contribution < 1.29 is 19.5 Å². The molecule has 18 heavy (non-hydrogen) atoms. The maximum atomic E-state index is 12.3. The first-order chi connectivity index (χ1) is 8.34. The number of carbonyl (C=O) groups excluding carboxylic acids is 2. The summed E-state index contributed by atoms with van der Waals surface area (Å²) < 4.78 is 0. The molecule has 2 unspecified atom stereocenters. The van der Waals surface area contributed by atoms with Crippen molar-refractivity contribution in [1.29, 1.82) is 0 Å². The fourth-order valence-electron chi connectivity index (χ4n) is 2.20. The minimum absolute atomic E-state index is 0.0727. The summed E-state index contributed by atoms with van der Waals surface area (Å²) in [5.74, 6) is -1.64. The molecule has 2 amide bonds. The summed E-state index contributed by atoms with van der Waals surface area (Å²) in [7, 11) is 0. The second-order valence-corrected chi connectivity index (χ2v) is 4.95. The molecule has 1 saturated heterocycles. The van der Waals surface area contributed by atoms with Crippen LogP contribution in [0.3, 0.4) is 0 Å². The van der Waals surface area contributed by atoms with E-state index < -0.39 is 18.1 Å². The first kappa shape index (κ1) is 14.5. The summed E-state index contributed by atoms with van der Waals surface area (Å²) in [6.07, 6.45) is 1.17. The van der Waals surface area contributed by atoms with E-state index >= 15 is 0 Å². The lowest BCUT2D eigenvalue weighted by Crippen LogP contribution is -2.53. The Morgan fingerprint density at radius 1 is 1.33 bits per heavy atom. The molecule has 0 spiro atoms. The minimum atomic E-state index is -0.980. The highest BCUT2D eigenvalue weighted by atomic mass is 16.4. The Hall–Kier alpha value is -1.59. The minimum Gasteiger partial charge on any atom is -0.480 e. The molecule has 6 heteroatoms. The van der Waals surface area contributed by atoms with Gasteiger partial charge in [-0.05, 0) is 18.8 Å². The smallest absolute Gasteiger partial charge is 0.326 e. The first-order valence-electron chi connectivity index (χ1n) is 6.15. The van der Waals surface area contributed by atoms with Gasteiger partial charge in [0.2, 0.25) is 11.8 Å². The second-order valence-electron chi connectivity index (χ2n) is 4.95. The van der Waals surface area contributed by atoms with Crippen LogP contribution in [0.5, 0.6) is 0 Å². The van der Waals surface area contributed by atoms with E-state index in [4.69, 9.17) is 5.11 Å². The fraction of sp³-hybridized carbons (Fsp3) is 0.750. The third-order valence-corrected chi connectivity index (χ3v) is 3.11. The van der Waals surface area contributed by atoms with Gasteiger partial charge in [0.1, 0.15) is 12.1 Å². The van der Waals surface area contributed by atoms with Crippen molar-refractivity contribution in [3.63, 3.8) is 0 Å². The van der Waals surface area contributed by atoms with E-state index in [1.54, 1.807) is 0 Å². The molecular formula is C12H20N2O4. The average molecular weight is 256 g/mol. The molecule has 2 atom stereocenters. The predicted molar refractivity (Wildman–Crippen MR) is 64.8 cm³/mol. The Kier molecular flexibility index (Phi) is 4.69. The predicted octanol–water partition coefficient (Wildman–Crippen LogP) is 0.223. The summed E-state index contributed by atoms with van der Waals surface area (Å²) in [6.45, 7) is 5.44. The van der Waals surface area contributed by atoms with Gasteiger partial charge in [-0.25, -0.2) is 4.79 Å². The standard InChI is InChI=1S/C12H20N2O4/c1-7(2)10(13-8(3)15)11(16)14-6-4-5-9(14)12(17)18/h7,9-10H,4-6H2,1-3H3,(H,13,15)(H,17,18). The van der Waals surface area contributed by atoms with Crippen LogP contribution >= 0.6 is 0 Å². The number of likely N-dealkylation sites (tertiary alicyclic amines) is 1. The molecule has 1 fully saturated rings. The zero-order chi connectivity index (χ0) is 13.9. The number of carboxylic acid groups (broad SMARTS) is 1. The third kappa shape index (κ3) is 3.21. The zero-order valence-electron chi connectivity index (χ0n) is 11.0. The molecule has 0 bridgehead atoms. The molecule has 1 rings (SSSR count). The molecule has 1 heterocycles. The molecule has 6 nitrogen and oxygen atoms in total. The van der Waals surface area contributed by atoms with Gasteiger partial charge in [0.15, 0.2) is 0 Å². The number of hydrogen-bond acceptors (Lipinski definition) is 3. The van der Waals surface area contributed by atoms with Crippen molar-refractivity contribution in [2.75, 3.05) is 6.54 Å². The SMILES string of the molecule is CC(=O)NC(C(=O)N1CCCC1C(=O)O)C(C)C. The van der Waals surface area contributed by atoms with Gasteiger partial charge >= 0.3 is 5.97 Å². The number of hydrogen-bond donors (Lipinski definition) is 2. The highest BCUT2D eigenvalue weighted by molar-refractivity contribution is 5.90. The van der Waals surface area contributed by atoms with Crippen LogP contribution in [-0.4, -0.2) is 46.4 Å². The Morgan fingerprint density at radius 2 is 1.94 bits per heavy atom. The van der Waals surface area contributed by atoms with Gasteiger partial charge in [0, 0.05) is 13.5 Å². The van der Waals surface area contributed by atoms with Crippen molar-refractivity contribution >= 4 is 17.8 Å². The van der Waals surface area contributed by atoms with Crippen LogP contribution < -0.4 is 5.32 Å². The van der Waals surface area contributed by atoms with E-state index in [2.05, 4.69) is 5.32 Å².